The zero-order valence-electron chi connectivity index (χ0n) is 8.99. The van der Waals surface area contributed by atoms with Crippen LogP contribution in [0.2, 0.25) is 0 Å². The molecule has 4 N–H and O–H groups in total. The van der Waals surface area contributed by atoms with E-state index in [1.165, 1.54) is 19.1 Å². The van der Waals surface area contributed by atoms with Crippen LogP contribution in [0.3, 0.4) is 0 Å². The summed E-state index contributed by atoms with van der Waals surface area (Å²) in [4.78, 5) is 19.0. The molecule has 0 aliphatic heterocycles. The number of hydrogen-bond acceptors (Lipinski definition) is 6. The van der Waals surface area contributed by atoms with Gasteiger partial charge in [0.15, 0.2) is 0 Å². The Morgan fingerprint density at radius 3 is 2.76 bits per heavy atom. The van der Waals surface area contributed by atoms with Crippen molar-refractivity contribution in [1.29, 1.82) is 0 Å². The number of nitrogen functional groups attached to an aromatic ring is 1. The molecule has 0 aliphatic rings. The summed E-state index contributed by atoms with van der Waals surface area (Å²) in [5.41, 5.74) is 7.79. The van der Waals surface area contributed by atoms with Crippen molar-refractivity contribution in [2.75, 3.05) is 17.4 Å². The molecule has 1 aromatic carbocycles. The van der Waals surface area contributed by atoms with Crippen molar-refractivity contribution in [1.82, 2.24) is 0 Å². The Balaban J connectivity index is 2.80. The van der Waals surface area contributed by atoms with Crippen LogP contribution in [0.15, 0.2) is 18.2 Å². The smallest absolute Gasteiger partial charge is 0.348 e. The van der Waals surface area contributed by atoms with Gasteiger partial charge in [0.25, 0.3) is 5.69 Å². The highest BCUT2D eigenvalue weighted by molar-refractivity contribution is 7.52. The number of non-ortho nitro benzene ring substituents is 1. The van der Waals surface area contributed by atoms with E-state index in [0.717, 1.165) is 6.07 Å². The summed E-state index contributed by atoms with van der Waals surface area (Å²) in [6, 6.07) is 3.62. The predicted molar refractivity (Wildman–Crippen MR) is 62.6 cm³/mol. The van der Waals surface area contributed by atoms with Gasteiger partial charge in [-0.25, -0.2) is 0 Å². The van der Waals surface area contributed by atoms with Gasteiger partial charge in [-0.3, -0.25) is 20.2 Å². The maximum absolute atomic E-state index is 11.2. The first-order chi connectivity index (χ1) is 7.85. The van der Waals surface area contributed by atoms with Gasteiger partial charge in [0.2, 0.25) is 0 Å². The van der Waals surface area contributed by atoms with E-state index in [9.17, 15) is 14.7 Å². The van der Waals surface area contributed by atoms with E-state index in [1.54, 1.807) is 0 Å². The summed E-state index contributed by atoms with van der Waals surface area (Å²) < 4.78 is 15.7. The number of anilines is 2. The molecule has 0 saturated carbocycles. The molecule has 0 aromatic heterocycles. The van der Waals surface area contributed by atoms with Gasteiger partial charge in [-0.2, -0.15) is 4.62 Å². The van der Waals surface area contributed by atoms with Crippen LogP contribution in [0.1, 0.15) is 6.92 Å². The Bertz CT molecular complexity index is 478. The lowest BCUT2D eigenvalue weighted by molar-refractivity contribution is -0.384. The van der Waals surface area contributed by atoms with Crippen LogP contribution in [0.25, 0.3) is 0 Å². The van der Waals surface area contributed by atoms with Gasteiger partial charge in [-0.1, -0.05) is 6.92 Å². The molecule has 9 heteroatoms. The third kappa shape index (κ3) is 3.70. The molecule has 1 atom stereocenters. The molecule has 1 rings (SSSR count). The van der Waals surface area contributed by atoms with E-state index in [-0.39, 0.29) is 23.2 Å². The Hall–Kier alpha value is -1.63. The van der Waals surface area contributed by atoms with Crippen LogP contribution in [-0.4, -0.2) is 16.0 Å². The first kappa shape index (κ1) is 13.4. The Kier molecular flexibility index (Phi) is 4.06. The summed E-state index contributed by atoms with van der Waals surface area (Å²) in [6.45, 7) is 1.49. The predicted octanol–water partition coefficient (Wildman–Crippen LogP) is 1.73. The minimum absolute atomic E-state index is 0.0512. The van der Waals surface area contributed by atoms with Crippen molar-refractivity contribution in [3.63, 3.8) is 0 Å². The molecule has 17 heavy (non-hydrogen) atoms. The average Bonchev–Trinajstić information content (AvgIpc) is 2.27. The largest absolute Gasteiger partial charge is 0.397 e. The molecule has 0 radical (unpaired) electrons. The van der Waals surface area contributed by atoms with Gasteiger partial charge in [0.1, 0.15) is 0 Å². The van der Waals surface area contributed by atoms with Gasteiger partial charge >= 0.3 is 7.60 Å². The summed E-state index contributed by atoms with van der Waals surface area (Å²) in [6.07, 6.45) is -0.0626. The van der Waals surface area contributed by atoms with Gasteiger partial charge in [-0.15, -0.1) is 0 Å². The number of benzene rings is 1. The maximum atomic E-state index is 11.2. The standard InChI is InChI=1S/C8H12N3O5P/c1-2-17(14,15)16-10-8-4-3-6(11(12)13)5-7(8)9/h3-5,10H,2,9H2,1H3,(H,14,15). The van der Waals surface area contributed by atoms with Crippen molar-refractivity contribution in [3.05, 3.63) is 28.3 Å². The van der Waals surface area contributed by atoms with Crippen molar-refractivity contribution in [2.24, 2.45) is 0 Å². The second-order valence-electron chi connectivity index (χ2n) is 3.18. The highest BCUT2D eigenvalue weighted by Gasteiger charge is 2.17. The third-order valence-electron chi connectivity index (χ3n) is 1.94. The maximum Gasteiger partial charge on any atom is 0.348 e. The minimum atomic E-state index is -3.69. The topological polar surface area (TPSA) is 128 Å². The summed E-state index contributed by atoms with van der Waals surface area (Å²) in [5.74, 6) is 0. The van der Waals surface area contributed by atoms with Crippen molar-refractivity contribution < 1.29 is 19.0 Å². The Morgan fingerprint density at radius 2 is 2.29 bits per heavy atom. The van der Waals surface area contributed by atoms with E-state index in [0.29, 0.717) is 0 Å². The summed E-state index contributed by atoms with van der Waals surface area (Å²) in [7, 11) is -3.69. The molecule has 1 unspecified atom stereocenters. The van der Waals surface area contributed by atoms with Crippen LogP contribution in [0, 0.1) is 10.1 Å². The number of nitrogens with two attached hydrogens (primary N) is 1. The average molecular weight is 261 g/mol. The zero-order chi connectivity index (χ0) is 13.1. The van der Waals surface area contributed by atoms with Gasteiger partial charge in [-0.05, 0) is 6.07 Å². The highest BCUT2D eigenvalue weighted by atomic mass is 31.2. The molecule has 0 saturated heterocycles. The molecule has 0 aliphatic carbocycles. The molecule has 94 valence electrons. The number of nitrogens with one attached hydrogen (secondary N) is 1. The Morgan fingerprint density at radius 1 is 1.65 bits per heavy atom. The fourth-order valence-electron chi connectivity index (χ4n) is 0.942. The molecule has 0 bridgehead atoms. The normalized spacial score (nSPS) is 14.0. The number of nitro benzene ring substituents is 1. The second-order valence-corrected chi connectivity index (χ2v) is 5.27. The quantitative estimate of drug-likeness (QED) is 0.318. The van der Waals surface area contributed by atoms with Crippen molar-refractivity contribution in [3.8, 4) is 0 Å². The fourth-order valence-corrected chi connectivity index (χ4v) is 1.31. The van der Waals surface area contributed by atoms with Crippen LogP contribution >= 0.6 is 7.60 Å². The van der Waals surface area contributed by atoms with Gasteiger partial charge in [0.05, 0.1) is 16.3 Å². The third-order valence-corrected chi connectivity index (χ3v) is 3.12. The molecule has 0 heterocycles. The lowest BCUT2D eigenvalue weighted by Gasteiger charge is -2.12. The monoisotopic (exact) mass is 261 g/mol. The summed E-state index contributed by atoms with van der Waals surface area (Å²) >= 11 is 0. The molecule has 8 nitrogen and oxygen atoms in total. The van der Waals surface area contributed by atoms with Gasteiger partial charge in [0, 0.05) is 18.3 Å². The lowest BCUT2D eigenvalue weighted by atomic mass is 10.2. The van der Waals surface area contributed by atoms with Gasteiger partial charge < -0.3 is 10.6 Å². The molecule has 0 fully saturated rings. The molecular formula is C8H12N3O5P. The number of rotatable bonds is 5. The lowest BCUT2D eigenvalue weighted by Crippen LogP contribution is -2.03. The number of nitrogens with zero attached hydrogens (tertiary/aromatic N) is 1. The SMILES string of the molecule is CCP(=O)(O)ONc1ccc([N+](=O)[O-])cc1N. The van der Waals surface area contributed by atoms with Crippen molar-refractivity contribution >= 4 is 24.7 Å². The molecule has 0 amide bonds. The first-order valence-corrected chi connectivity index (χ1v) is 6.42. The fraction of sp³-hybridized carbons (Fsp3) is 0.250. The second kappa shape index (κ2) is 5.13. The molecule has 1 aromatic rings. The van der Waals surface area contributed by atoms with Crippen LogP contribution in [0.5, 0.6) is 0 Å². The molecule has 0 spiro atoms. The number of nitro groups is 1. The highest BCUT2D eigenvalue weighted by Crippen LogP contribution is 2.41. The molecular weight excluding hydrogens is 249 g/mol. The van der Waals surface area contributed by atoms with Crippen LogP contribution < -0.4 is 11.2 Å². The van der Waals surface area contributed by atoms with E-state index >= 15 is 0 Å². The minimum Gasteiger partial charge on any atom is -0.397 e. The number of hydrogen-bond donors (Lipinski definition) is 3. The van der Waals surface area contributed by atoms with Crippen molar-refractivity contribution in [2.45, 2.75) is 6.92 Å². The summed E-state index contributed by atoms with van der Waals surface area (Å²) in [5, 5.41) is 10.4. The zero-order valence-corrected chi connectivity index (χ0v) is 9.89. The Labute approximate surface area is 97.0 Å². The van der Waals surface area contributed by atoms with Crippen LogP contribution in [-0.2, 0) is 9.19 Å². The van der Waals surface area contributed by atoms with E-state index in [4.69, 9.17) is 10.6 Å². The van der Waals surface area contributed by atoms with E-state index in [2.05, 4.69) is 10.1 Å². The van der Waals surface area contributed by atoms with E-state index in [1.807, 2.05) is 0 Å². The van der Waals surface area contributed by atoms with Crippen LogP contribution in [0.4, 0.5) is 17.1 Å². The van der Waals surface area contributed by atoms with E-state index < -0.39 is 12.5 Å². The first-order valence-electron chi connectivity index (χ1n) is 4.66.